The standard InChI is InChI=1S/C9H15BrN2O/c1-6(2)9(3,13)8-7(10)5-11-12(8)4/h5-6,13H,1-4H3. The molecule has 0 amide bonds. The maximum Gasteiger partial charge on any atom is 0.107 e. The van der Waals surface area contributed by atoms with Gasteiger partial charge >= 0.3 is 0 Å². The number of hydrogen-bond acceptors (Lipinski definition) is 2. The Balaban J connectivity index is 3.20. The summed E-state index contributed by atoms with van der Waals surface area (Å²) in [6, 6.07) is 0. The Morgan fingerprint density at radius 2 is 2.15 bits per heavy atom. The van der Waals surface area contributed by atoms with E-state index in [0.29, 0.717) is 0 Å². The molecule has 0 fully saturated rings. The van der Waals surface area contributed by atoms with Crippen LogP contribution in [0.15, 0.2) is 10.7 Å². The molecule has 0 aliphatic heterocycles. The van der Waals surface area contributed by atoms with E-state index in [-0.39, 0.29) is 5.92 Å². The van der Waals surface area contributed by atoms with Crippen molar-refractivity contribution < 1.29 is 5.11 Å². The van der Waals surface area contributed by atoms with Gasteiger partial charge in [-0.15, -0.1) is 0 Å². The lowest BCUT2D eigenvalue weighted by Gasteiger charge is -2.28. The minimum Gasteiger partial charge on any atom is -0.384 e. The molecule has 0 saturated heterocycles. The quantitative estimate of drug-likeness (QED) is 0.868. The second-order valence-electron chi connectivity index (χ2n) is 3.77. The predicted octanol–water partition coefficient (Wildman–Crippen LogP) is 2.05. The minimum absolute atomic E-state index is 0.152. The zero-order valence-electron chi connectivity index (χ0n) is 8.37. The first-order valence-corrected chi connectivity index (χ1v) is 5.07. The van der Waals surface area contributed by atoms with E-state index in [2.05, 4.69) is 21.0 Å². The Hall–Kier alpha value is -0.350. The lowest BCUT2D eigenvalue weighted by molar-refractivity contribution is 0.000702. The highest BCUT2D eigenvalue weighted by Gasteiger charge is 2.32. The predicted molar refractivity (Wildman–Crippen MR) is 55.3 cm³/mol. The number of aliphatic hydroxyl groups is 1. The van der Waals surface area contributed by atoms with Crippen molar-refractivity contribution in [1.82, 2.24) is 9.78 Å². The second-order valence-corrected chi connectivity index (χ2v) is 4.62. The topological polar surface area (TPSA) is 38.1 Å². The number of nitrogens with zero attached hydrogens (tertiary/aromatic N) is 2. The van der Waals surface area contributed by atoms with Crippen LogP contribution in [0.25, 0.3) is 0 Å². The fourth-order valence-electron chi connectivity index (χ4n) is 1.25. The van der Waals surface area contributed by atoms with Gasteiger partial charge in [0.25, 0.3) is 0 Å². The van der Waals surface area contributed by atoms with Gasteiger partial charge < -0.3 is 5.11 Å². The van der Waals surface area contributed by atoms with Crippen molar-refractivity contribution in [3.05, 3.63) is 16.4 Å². The van der Waals surface area contributed by atoms with Crippen LogP contribution in [0, 0.1) is 5.92 Å². The van der Waals surface area contributed by atoms with Crippen LogP contribution in [0.1, 0.15) is 26.5 Å². The molecule has 1 heterocycles. The highest BCUT2D eigenvalue weighted by molar-refractivity contribution is 9.10. The highest BCUT2D eigenvalue weighted by atomic mass is 79.9. The molecule has 3 nitrogen and oxygen atoms in total. The third kappa shape index (κ3) is 1.79. The van der Waals surface area contributed by atoms with Gasteiger partial charge in [0.2, 0.25) is 0 Å². The van der Waals surface area contributed by atoms with Gasteiger partial charge in [-0.2, -0.15) is 5.10 Å². The first-order valence-electron chi connectivity index (χ1n) is 4.27. The van der Waals surface area contributed by atoms with E-state index in [9.17, 15) is 5.11 Å². The average Bonchev–Trinajstić information content (AvgIpc) is 2.30. The molecule has 0 radical (unpaired) electrons. The van der Waals surface area contributed by atoms with Gasteiger partial charge in [-0.1, -0.05) is 13.8 Å². The smallest absolute Gasteiger partial charge is 0.107 e. The zero-order valence-corrected chi connectivity index (χ0v) is 9.96. The molecule has 1 atom stereocenters. The molecule has 0 bridgehead atoms. The minimum atomic E-state index is -0.843. The molecule has 0 saturated carbocycles. The van der Waals surface area contributed by atoms with Crippen LogP contribution in [0.3, 0.4) is 0 Å². The van der Waals surface area contributed by atoms with Crippen molar-refractivity contribution in [2.45, 2.75) is 26.4 Å². The lowest BCUT2D eigenvalue weighted by Crippen LogP contribution is -2.31. The molecule has 0 aliphatic carbocycles. The molecular formula is C9H15BrN2O. The Morgan fingerprint density at radius 1 is 1.62 bits per heavy atom. The largest absolute Gasteiger partial charge is 0.384 e. The summed E-state index contributed by atoms with van der Waals surface area (Å²) >= 11 is 3.38. The van der Waals surface area contributed by atoms with Crippen LogP contribution in [0.4, 0.5) is 0 Å². The Kier molecular flexibility index (Phi) is 2.82. The summed E-state index contributed by atoms with van der Waals surface area (Å²) in [5.41, 5.74) is -0.0214. The van der Waals surface area contributed by atoms with E-state index >= 15 is 0 Å². The number of rotatable bonds is 2. The number of aryl methyl sites for hydroxylation is 1. The molecule has 1 unspecified atom stereocenters. The van der Waals surface area contributed by atoms with Crippen molar-refractivity contribution in [3.63, 3.8) is 0 Å². The third-order valence-corrected chi connectivity index (χ3v) is 3.08. The SMILES string of the molecule is CC(C)C(C)(O)c1c(Br)cnn1C. The molecule has 1 aromatic heterocycles. The number of aromatic nitrogens is 2. The Labute approximate surface area is 86.9 Å². The summed E-state index contributed by atoms with van der Waals surface area (Å²) in [4.78, 5) is 0. The first kappa shape index (κ1) is 10.7. The molecule has 1 rings (SSSR count). The first-order chi connectivity index (χ1) is 5.87. The van der Waals surface area contributed by atoms with Gasteiger partial charge in [0.05, 0.1) is 16.4 Å². The van der Waals surface area contributed by atoms with E-state index in [0.717, 1.165) is 10.2 Å². The summed E-state index contributed by atoms with van der Waals surface area (Å²) in [5.74, 6) is 0.152. The number of hydrogen-bond donors (Lipinski definition) is 1. The molecule has 74 valence electrons. The van der Waals surface area contributed by atoms with Crippen molar-refractivity contribution in [2.75, 3.05) is 0 Å². The van der Waals surface area contributed by atoms with Crippen LogP contribution >= 0.6 is 15.9 Å². The molecule has 1 aromatic rings. The van der Waals surface area contributed by atoms with Crippen LogP contribution in [0.5, 0.6) is 0 Å². The average molecular weight is 247 g/mol. The summed E-state index contributed by atoms with van der Waals surface area (Å²) in [7, 11) is 1.83. The van der Waals surface area contributed by atoms with Crippen LogP contribution in [-0.2, 0) is 12.6 Å². The lowest BCUT2D eigenvalue weighted by atomic mass is 9.89. The van der Waals surface area contributed by atoms with Crippen molar-refractivity contribution in [3.8, 4) is 0 Å². The van der Waals surface area contributed by atoms with Crippen molar-refractivity contribution in [1.29, 1.82) is 0 Å². The van der Waals surface area contributed by atoms with Gasteiger partial charge in [0.15, 0.2) is 0 Å². The summed E-state index contributed by atoms with van der Waals surface area (Å²) in [6.45, 7) is 5.78. The Bertz CT molecular complexity index is 285. The van der Waals surface area contributed by atoms with Gasteiger partial charge in [-0.05, 0) is 28.8 Å². The van der Waals surface area contributed by atoms with Crippen LogP contribution in [0.2, 0.25) is 0 Å². The van der Waals surface area contributed by atoms with Gasteiger partial charge in [-0.25, -0.2) is 0 Å². The van der Waals surface area contributed by atoms with Crippen LogP contribution in [-0.4, -0.2) is 14.9 Å². The Morgan fingerprint density at radius 3 is 2.46 bits per heavy atom. The normalized spacial score (nSPS) is 16.2. The summed E-state index contributed by atoms with van der Waals surface area (Å²) in [6.07, 6.45) is 1.70. The maximum atomic E-state index is 10.2. The zero-order chi connectivity index (χ0) is 10.2. The highest BCUT2D eigenvalue weighted by Crippen LogP contribution is 2.33. The van der Waals surface area contributed by atoms with E-state index in [1.165, 1.54) is 0 Å². The molecule has 0 aliphatic rings. The molecule has 4 heteroatoms. The fourth-order valence-corrected chi connectivity index (χ4v) is 2.00. The molecule has 1 N–H and O–H groups in total. The third-order valence-electron chi connectivity index (χ3n) is 2.50. The van der Waals surface area contributed by atoms with Crippen molar-refractivity contribution >= 4 is 15.9 Å². The molecular weight excluding hydrogens is 232 g/mol. The molecule has 0 spiro atoms. The fraction of sp³-hybridized carbons (Fsp3) is 0.667. The van der Waals surface area contributed by atoms with E-state index in [4.69, 9.17) is 0 Å². The summed E-state index contributed by atoms with van der Waals surface area (Å²) < 4.78 is 2.55. The molecule has 0 aromatic carbocycles. The van der Waals surface area contributed by atoms with E-state index in [1.807, 2.05) is 20.9 Å². The number of halogens is 1. The maximum absolute atomic E-state index is 10.2. The monoisotopic (exact) mass is 246 g/mol. The van der Waals surface area contributed by atoms with Gasteiger partial charge in [-0.3, -0.25) is 4.68 Å². The van der Waals surface area contributed by atoms with Crippen LogP contribution < -0.4 is 0 Å². The van der Waals surface area contributed by atoms with E-state index < -0.39 is 5.60 Å². The van der Waals surface area contributed by atoms with Crippen molar-refractivity contribution in [2.24, 2.45) is 13.0 Å². The van der Waals surface area contributed by atoms with Gasteiger partial charge in [0.1, 0.15) is 5.60 Å². The van der Waals surface area contributed by atoms with E-state index in [1.54, 1.807) is 17.8 Å². The summed E-state index contributed by atoms with van der Waals surface area (Å²) in [5, 5.41) is 14.3. The van der Waals surface area contributed by atoms with Gasteiger partial charge in [0, 0.05) is 7.05 Å². The second kappa shape index (κ2) is 3.42. The molecule has 13 heavy (non-hydrogen) atoms.